The lowest BCUT2D eigenvalue weighted by Crippen LogP contribution is -2.41. The second-order valence-electron chi connectivity index (χ2n) is 9.07. The largest absolute Gasteiger partial charge is 0.411 e. The van der Waals surface area contributed by atoms with Gasteiger partial charge in [0.15, 0.2) is 0 Å². The van der Waals surface area contributed by atoms with Crippen molar-refractivity contribution in [2.24, 2.45) is 11.1 Å². The molecular formula is C25H30FN3O3. The molecule has 6 nitrogen and oxygen atoms in total. The highest BCUT2D eigenvalue weighted by Gasteiger charge is 2.44. The van der Waals surface area contributed by atoms with Crippen LogP contribution in [0.2, 0.25) is 0 Å². The average Bonchev–Trinajstić information content (AvgIpc) is 3.05. The van der Waals surface area contributed by atoms with Crippen LogP contribution in [0.4, 0.5) is 9.18 Å². The molecule has 2 aromatic carbocycles. The van der Waals surface area contributed by atoms with Crippen LogP contribution in [-0.2, 0) is 17.8 Å². The minimum atomic E-state index is -0.838. The monoisotopic (exact) mass is 439 g/mol. The molecule has 2 heterocycles. The van der Waals surface area contributed by atoms with Crippen molar-refractivity contribution in [2.45, 2.75) is 38.6 Å². The maximum Gasteiger partial charge on any atom is 0.409 e. The van der Waals surface area contributed by atoms with Crippen molar-refractivity contribution in [1.82, 2.24) is 9.80 Å². The van der Waals surface area contributed by atoms with Gasteiger partial charge in [-0.2, -0.15) is 0 Å². The SMILES string of the molecule is NC(=O)Oc1ccc(CN2CC3(CCN(CCCc4cccc(F)c4)CC3)CC2=O)cc1. The second-order valence-corrected chi connectivity index (χ2v) is 9.07. The minimum absolute atomic E-state index is 0.0746. The molecule has 2 aromatic rings. The van der Waals surface area contributed by atoms with Crippen molar-refractivity contribution < 1.29 is 18.7 Å². The van der Waals surface area contributed by atoms with Crippen LogP contribution in [0.15, 0.2) is 48.5 Å². The first-order valence-electron chi connectivity index (χ1n) is 11.2. The van der Waals surface area contributed by atoms with Crippen molar-refractivity contribution >= 4 is 12.0 Å². The molecule has 2 aliphatic rings. The number of carbonyl (C=O) groups excluding carboxylic acids is 2. The van der Waals surface area contributed by atoms with Gasteiger partial charge in [0.1, 0.15) is 11.6 Å². The number of nitrogens with two attached hydrogens (primary N) is 1. The van der Waals surface area contributed by atoms with Crippen molar-refractivity contribution in [3.63, 3.8) is 0 Å². The van der Waals surface area contributed by atoms with Crippen LogP contribution in [0.5, 0.6) is 5.75 Å². The first-order valence-corrected chi connectivity index (χ1v) is 11.2. The molecule has 0 saturated carbocycles. The number of benzene rings is 2. The van der Waals surface area contributed by atoms with E-state index in [4.69, 9.17) is 10.5 Å². The first-order chi connectivity index (χ1) is 15.4. The number of primary amides is 1. The molecule has 2 amide bonds. The topological polar surface area (TPSA) is 75.9 Å². The Morgan fingerprint density at radius 1 is 1.09 bits per heavy atom. The molecule has 0 radical (unpaired) electrons. The molecule has 0 aromatic heterocycles. The molecule has 0 aliphatic carbocycles. The van der Waals surface area contributed by atoms with Gasteiger partial charge in [0.05, 0.1) is 0 Å². The van der Waals surface area contributed by atoms with E-state index >= 15 is 0 Å². The standard InChI is InChI=1S/C25H30FN3O3/c26-21-5-1-3-19(15-21)4-2-12-28-13-10-25(11-14-28)16-23(30)29(18-25)17-20-6-8-22(9-7-20)32-24(27)31/h1,3,5-9,15H,2,4,10-14,16-18H2,(H2,27,31). The summed E-state index contributed by atoms with van der Waals surface area (Å²) in [5.41, 5.74) is 7.15. The number of piperidine rings is 1. The lowest BCUT2D eigenvalue weighted by molar-refractivity contribution is -0.128. The number of amides is 2. The molecule has 2 saturated heterocycles. The van der Waals surface area contributed by atoms with Gasteiger partial charge >= 0.3 is 6.09 Å². The maximum absolute atomic E-state index is 13.3. The molecule has 2 aliphatic heterocycles. The van der Waals surface area contributed by atoms with E-state index in [0.29, 0.717) is 18.7 Å². The zero-order chi connectivity index (χ0) is 22.6. The number of ether oxygens (including phenoxy) is 1. The third-order valence-corrected chi connectivity index (χ3v) is 6.67. The van der Waals surface area contributed by atoms with Crippen molar-refractivity contribution in [3.05, 3.63) is 65.5 Å². The molecule has 170 valence electrons. The van der Waals surface area contributed by atoms with E-state index in [1.807, 2.05) is 23.1 Å². The molecule has 0 bridgehead atoms. The number of carbonyl (C=O) groups is 2. The quantitative estimate of drug-likeness (QED) is 0.713. The third-order valence-electron chi connectivity index (χ3n) is 6.67. The molecule has 2 fully saturated rings. The smallest absolute Gasteiger partial charge is 0.409 e. The Labute approximate surface area is 188 Å². The van der Waals surface area contributed by atoms with Crippen LogP contribution in [0.1, 0.15) is 36.8 Å². The van der Waals surface area contributed by atoms with Crippen LogP contribution in [0.3, 0.4) is 0 Å². The predicted molar refractivity (Wildman–Crippen MR) is 120 cm³/mol. The lowest BCUT2D eigenvalue weighted by Gasteiger charge is -2.38. The molecule has 0 atom stereocenters. The fraction of sp³-hybridized carbons (Fsp3) is 0.440. The van der Waals surface area contributed by atoms with Gasteiger partial charge in [-0.1, -0.05) is 24.3 Å². The molecular weight excluding hydrogens is 409 g/mol. The Morgan fingerprint density at radius 3 is 2.53 bits per heavy atom. The summed E-state index contributed by atoms with van der Waals surface area (Å²) >= 11 is 0. The van der Waals surface area contributed by atoms with E-state index in [0.717, 1.165) is 63.0 Å². The van der Waals surface area contributed by atoms with Gasteiger partial charge < -0.3 is 20.3 Å². The van der Waals surface area contributed by atoms with Crippen molar-refractivity contribution in [1.29, 1.82) is 0 Å². The number of rotatable bonds is 7. The molecule has 2 N–H and O–H groups in total. The van der Waals surface area contributed by atoms with E-state index < -0.39 is 6.09 Å². The molecule has 0 unspecified atom stereocenters. The fourth-order valence-corrected chi connectivity index (χ4v) is 4.91. The Hall–Kier alpha value is -2.93. The number of likely N-dealkylation sites (tertiary alicyclic amines) is 2. The molecule has 7 heteroatoms. The highest BCUT2D eigenvalue weighted by Crippen LogP contribution is 2.41. The van der Waals surface area contributed by atoms with Crippen LogP contribution in [0, 0.1) is 11.2 Å². The number of halogens is 1. The highest BCUT2D eigenvalue weighted by molar-refractivity contribution is 5.79. The summed E-state index contributed by atoms with van der Waals surface area (Å²) in [6.45, 7) is 4.37. The maximum atomic E-state index is 13.3. The average molecular weight is 440 g/mol. The van der Waals surface area contributed by atoms with E-state index in [1.54, 1.807) is 24.3 Å². The van der Waals surface area contributed by atoms with Gasteiger partial charge in [-0.05, 0) is 86.1 Å². The van der Waals surface area contributed by atoms with Crippen molar-refractivity contribution in [2.75, 3.05) is 26.2 Å². The normalized spacial score (nSPS) is 18.3. The van der Waals surface area contributed by atoms with E-state index in [9.17, 15) is 14.0 Å². The number of hydrogen-bond acceptors (Lipinski definition) is 4. The Bertz CT molecular complexity index is 955. The van der Waals surface area contributed by atoms with E-state index in [2.05, 4.69) is 4.90 Å². The minimum Gasteiger partial charge on any atom is -0.411 e. The summed E-state index contributed by atoms with van der Waals surface area (Å²) in [6, 6.07) is 13.9. The molecule has 32 heavy (non-hydrogen) atoms. The van der Waals surface area contributed by atoms with E-state index in [1.165, 1.54) is 6.07 Å². The summed E-state index contributed by atoms with van der Waals surface area (Å²) < 4.78 is 18.2. The summed E-state index contributed by atoms with van der Waals surface area (Å²) in [6.07, 6.45) is 3.73. The van der Waals surface area contributed by atoms with Gasteiger partial charge in [0.25, 0.3) is 0 Å². The first kappa shape index (κ1) is 22.3. The summed E-state index contributed by atoms with van der Waals surface area (Å²) in [4.78, 5) is 27.9. The van der Waals surface area contributed by atoms with Crippen molar-refractivity contribution in [3.8, 4) is 5.75 Å². The number of aryl methyl sites for hydroxylation is 1. The van der Waals surface area contributed by atoms with Gasteiger partial charge in [0, 0.05) is 19.5 Å². The molecule has 4 rings (SSSR count). The van der Waals surface area contributed by atoms with Crippen LogP contribution in [-0.4, -0.2) is 48.0 Å². The third kappa shape index (κ3) is 5.65. The van der Waals surface area contributed by atoms with Crippen LogP contribution < -0.4 is 10.5 Å². The summed E-state index contributed by atoms with van der Waals surface area (Å²) in [5.74, 6) is 0.435. The summed E-state index contributed by atoms with van der Waals surface area (Å²) in [5, 5.41) is 0. The van der Waals surface area contributed by atoms with Gasteiger partial charge in [-0.15, -0.1) is 0 Å². The summed E-state index contributed by atoms with van der Waals surface area (Å²) in [7, 11) is 0. The van der Waals surface area contributed by atoms with Crippen LogP contribution in [0.25, 0.3) is 0 Å². The van der Waals surface area contributed by atoms with Gasteiger partial charge in [-0.3, -0.25) is 4.79 Å². The van der Waals surface area contributed by atoms with Gasteiger partial charge in [0.2, 0.25) is 5.91 Å². The zero-order valence-electron chi connectivity index (χ0n) is 18.3. The zero-order valence-corrected chi connectivity index (χ0v) is 18.3. The number of hydrogen-bond donors (Lipinski definition) is 1. The van der Waals surface area contributed by atoms with Gasteiger partial charge in [-0.25, -0.2) is 9.18 Å². The Morgan fingerprint density at radius 2 is 1.84 bits per heavy atom. The van der Waals surface area contributed by atoms with E-state index in [-0.39, 0.29) is 17.1 Å². The number of nitrogens with zero attached hydrogens (tertiary/aromatic N) is 2. The Balaban J connectivity index is 1.23. The van der Waals surface area contributed by atoms with Crippen LogP contribution >= 0.6 is 0 Å². The second kappa shape index (κ2) is 9.69. The fourth-order valence-electron chi connectivity index (χ4n) is 4.91. The molecule has 1 spiro atoms. The lowest BCUT2D eigenvalue weighted by atomic mass is 9.77. The predicted octanol–water partition coefficient (Wildman–Crippen LogP) is 3.73. The highest BCUT2D eigenvalue weighted by atomic mass is 19.1. The Kier molecular flexibility index (Phi) is 6.74.